The standard InChI is InChI=1S/C24H34ClN3O3/c1-19(8-6-15-29)28(18-21-10-12-22(25)13-11-21)20(2)24(26)27(3)14-7-17-31-23-9-4-5-16-30-23/h10-13,19,23,26,29H,2,4-5,7,9,14-18H2,1,3H3. The fraction of sp³-hybridized carbons (Fsp3) is 0.542. The first-order chi connectivity index (χ1) is 14.9. The quantitative estimate of drug-likeness (QED) is 0.246. The number of amidine groups is 1. The van der Waals surface area contributed by atoms with E-state index in [9.17, 15) is 0 Å². The van der Waals surface area contributed by atoms with E-state index in [1.54, 1.807) is 0 Å². The third-order valence-electron chi connectivity index (χ3n) is 5.20. The Hall–Kier alpha value is -2.04. The summed E-state index contributed by atoms with van der Waals surface area (Å²) in [4.78, 5) is 3.84. The molecule has 0 radical (unpaired) electrons. The van der Waals surface area contributed by atoms with Crippen molar-refractivity contribution in [2.24, 2.45) is 0 Å². The molecule has 1 aromatic carbocycles. The zero-order valence-electron chi connectivity index (χ0n) is 18.6. The molecule has 1 aliphatic rings. The Kier molecular flexibility index (Phi) is 10.9. The first-order valence-corrected chi connectivity index (χ1v) is 11.1. The molecule has 0 aliphatic carbocycles. The van der Waals surface area contributed by atoms with Crippen LogP contribution in [0.1, 0.15) is 38.2 Å². The third-order valence-corrected chi connectivity index (χ3v) is 5.46. The number of aliphatic hydroxyl groups is 1. The van der Waals surface area contributed by atoms with Gasteiger partial charge in [-0.1, -0.05) is 42.2 Å². The molecule has 6 nitrogen and oxygen atoms in total. The van der Waals surface area contributed by atoms with Gasteiger partial charge in [-0.25, -0.2) is 0 Å². The average Bonchev–Trinajstić information content (AvgIpc) is 2.79. The predicted octanol–water partition coefficient (Wildman–Crippen LogP) is 3.88. The van der Waals surface area contributed by atoms with Crippen LogP contribution in [0.2, 0.25) is 5.02 Å². The van der Waals surface area contributed by atoms with Crippen LogP contribution in [0.3, 0.4) is 0 Å². The number of nitrogens with zero attached hydrogens (tertiary/aromatic N) is 2. The van der Waals surface area contributed by atoms with Crippen LogP contribution in [0.25, 0.3) is 0 Å². The van der Waals surface area contributed by atoms with E-state index in [0.717, 1.165) is 37.9 Å². The number of rotatable bonds is 10. The summed E-state index contributed by atoms with van der Waals surface area (Å²) in [7, 11) is 1.88. The number of ether oxygens (including phenoxy) is 2. The Morgan fingerprint density at radius 3 is 2.77 bits per heavy atom. The first-order valence-electron chi connectivity index (χ1n) is 10.7. The van der Waals surface area contributed by atoms with Crippen molar-refractivity contribution in [2.75, 3.05) is 33.4 Å². The molecule has 31 heavy (non-hydrogen) atoms. The van der Waals surface area contributed by atoms with Crippen molar-refractivity contribution in [3.8, 4) is 11.8 Å². The van der Waals surface area contributed by atoms with Gasteiger partial charge in [0.2, 0.25) is 0 Å². The summed E-state index contributed by atoms with van der Waals surface area (Å²) in [5.41, 5.74) is 1.62. The summed E-state index contributed by atoms with van der Waals surface area (Å²) in [6, 6.07) is 7.38. The minimum absolute atomic E-state index is 0.0886. The summed E-state index contributed by atoms with van der Waals surface area (Å²) in [6.45, 7) is 8.50. The molecule has 1 fully saturated rings. The van der Waals surface area contributed by atoms with E-state index < -0.39 is 0 Å². The van der Waals surface area contributed by atoms with Crippen LogP contribution in [-0.2, 0) is 16.0 Å². The number of nitrogens with one attached hydrogen (secondary N) is 1. The van der Waals surface area contributed by atoms with E-state index in [-0.39, 0.29) is 18.9 Å². The van der Waals surface area contributed by atoms with Crippen molar-refractivity contribution < 1.29 is 14.6 Å². The van der Waals surface area contributed by atoms with Crippen LogP contribution in [-0.4, -0.2) is 66.5 Å². The molecular weight excluding hydrogens is 414 g/mol. The van der Waals surface area contributed by atoms with Gasteiger partial charge in [-0.15, -0.1) is 0 Å². The molecule has 7 heteroatoms. The Morgan fingerprint density at radius 2 is 2.13 bits per heavy atom. The van der Waals surface area contributed by atoms with E-state index >= 15 is 0 Å². The van der Waals surface area contributed by atoms with Gasteiger partial charge in [0.1, 0.15) is 12.4 Å². The van der Waals surface area contributed by atoms with Crippen LogP contribution in [0.5, 0.6) is 0 Å². The highest BCUT2D eigenvalue weighted by atomic mass is 35.5. The van der Waals surface area contributed by atoms with Crippen LogP contribution in [0, 0.1) is 17.3 Å². The first kappa shape index (κ1) is 25.2. The van der Waals surface area contributed by atoms with E-state index in [2.05, 4.69) is 18.4 Å². The fourth-order valence-corrected chi connectivity index (χ4v) is 3.48. The van der Waals surface area contributed by atoms with Crippen molar-refractivity contribution in [3.63, 3.8) is 0 Å². The number of benzene rings is 1. The average molecular weight is 448 g/mol. The number of likely N-dealkylation sites (N-methyl/N-ethyl adjacent to an activating group) is 1. The number of hydrogen-bond donors (Lipinski definition) is 2. The third kappa shape index (κ3) is 8.54. The molecule has 0 saturated carbocycles. The molecule has 2 rings (SSSR count). The van der Waals surface area contributed by atoms with Gasteiger partial charge >= 0.3 is 0 Å². The van der Waals surface area contributed by atoms with Gasteiger partial charge in [-0.2, -0.15) is 0 Å². The molecule has 0 spiro atoms. The second-order valence-electron chi connectivity index (χ2n) is 7.65. The van der Waals surface area contributed by atoms with Gasteiger partial charge < -0.3 is 24.4 Å². The van der Waals surface area contributed by atoms with Crippen molar-refractivity contribution in [2.45, 2.75) is 51.5 Å². The molecule has 1 heterocycles. The molecule has 1 aromatic rings. The smallest absolute Gasteiger partial charge is 0.157 e. The Morgan fingerprint density at radius 1 is 1.39 bits per heavy atom. The minimum Gasteiger partial charge on any atom is -0.384 e. The summed E-state index contributed by atoms with van der Waals surface area (Å²) in [5, 5.41) is 18.4. The van der Waals surface area contributed by atoms with E-state index in [0.29, 0.717) is 36.3 Å². The second-order valence-corrected chi connectivity index (χ2v) is 8.08. The van der Waals surface area contributed by atoms with Gasteiger partial charge in [-0.05, 0) is 50.3 Å². The van der Waals surface area contributed by atoms with Crippen molar-refractivity contribution in [1.82, 2.24) is 9.80 Å². The molecule has 1 saturated heterocycles. The van der Waals surface area contributed by atoms with Crippen molar-refractivity contribution in [1.29, 1.82) is 5.41 Å². The Labute approximate surface area is 191 Å². The molecule has 0 amide bonds. The molecular formula is C24H34ClN3O3. The molecule has 0 aromatic heterocycles. The number of hydrogen-bond acceptors (Lipinski definition) is 5. The lowest BCUT2D eigenvalue weighted by Gasteiger charge is -2.33. The van der Waals surface area contributed by atoms with Crippen LogP contribution < -0.4 is 0 Å². The maximum Gasteiger partial charge on any atom is 0.157 e. The maximum atomic E-state index is 9.07. The monoisotopic (exact) mass is 447 g/mol. The molecule has 1 aliphatic heterocycles. The van der Waals surface area contributed by atoms with Crippen molar-refractivity contribution in [3.05, 3.63) is 47.1 Å². The minimum atomic E-state index is -0.212. The van der Waals surface area contributed by atoms with Crippen LogP contribution in [0.4, 0.5) is 0 Å². The topological polar surface area (TPSA) is 69.0 Å². The molecule has 2 unspecified atom stereocenters. The SMILES string of the molecule is C=C(C(=N)N(C)CCCOC1CCCCO1)N(Cc1ccc(Cl)cc1)C(C)C#CCO. The van der Waals surface area contributed by atoms with Gasteiger partial charge in [-0.3, -0.25) is 5.41 Å². The van der Waals surface area contributed by atoms with Gasteiger partial charge in [0.15, 0.2) is 6.29 Å². The highest BCUT2D eigenvalue weighted by Gasteiger charge is 2.20. The maximum absolute atomic E-state index is 9.07. The highest BCUT2D eigenvalue weighted by molar-refractivity contribution is 6.30. The fourth-order valence-electron chi connectivity index (χ4n) is 3.35. The molecule has 2 atom stereocenters. The molecule has 170 valence electrons. The summed E-state index contributed by atoms with van der Waals surface area (Å²) >= 11 is 6.00. The molecule has 2 N–H and O–H groups in total. The van der Waals surface area contributed by atoms with E-state index in [4.69, 9.17) is 31.6 Å². The van der Waals surface area contributed by atoms with Gasteiger partial charge in [0.25, 0.3) is 0 Å². The van der Waals surface area contributed by atoms with E-state index in [1.165, 1.54) is 0 Å². The predicted molar refractivity (Wildman–Crippen MR) is 125 cm³/mol. The lowest BCUT2D eigenvalue weighted by atomic mass is 10.1. The molecule has 0 bridgehead atoms. The van der Waals surface area contributed by atoms with Crippen molar-refractivity contribution >= 4 is 17.4 Å². The number of halogens is 1. The lowest BCUT2D eigenvalue weighted by molar-refractivity contribution is -0.162. The van der Waals surface area contributed by atoms with Crippen LogP contribution in [0.15, 0.2) is 36.5 Å². The lowest BCUT2D eigenvalue weighted by Crippen LogP contribution is -2.39. The van der Waals surface area contributed by atoms with Crippen LogP contribution >= 0.6 is 11.6 Å². The Bertz CT molecular complexity index is 767. The van der Waals surface area contributed by atoms with E-state index in [1.807, 2.05) is 48.0 Å². The second kappa shape index (κ2) is 13.4. The summed E-state index contributed by atoms with van der Waals surface area (Å²) in [6.07, 6.45) is 3.91. The number of aliphatic hydroxyl groups excluding tert-OH is 1. The largest absolute Gasteiger partial charge is 0.384 e. The Balaban J connectivity index is 1.93. The summed E-state index contributed by atoms with van der Waals surface area (Å²) in [5.74, 6) is 6.06. The normalized spacial score (nSPS) is 16.7. The zero-order valence-corrected chi connectivity index (χ0v) is 19.3. The van der Waals surface area contributed by atoms with Gasteiger partial charge in [0, 0.05) is 31.8 Å². The summed E-state index contributed by atoms with van der Waals surface area (Å²) < 4.78 is 11.4. The zero-order chi connectivity index (χ0) is 22.6. The highest BCUT2D eigenvalue weighted by Crippen LogP contribution is 2.18. The van der Waals surface area contributed by atoms with Gasteiger partial charge in [0.05, 0.1) is 18.3 Å².